The number of hydrogen-bond acceptors (Lipinski definition) is 2. The van der Waals surface area contributed by atoms with Crippen molar-refractivity contribution in [1.82, 2.24) is 15.1 Å². The minimum Gasteiger partial charge on any atom is -0.362 e. The van der Waals surface area contributed by atoms with E-state index in [-0.39, 0.29) is 5.82 Å². The first-order chi connectivity index (χ1) is 10.0. The highest BCUT2D eigenvalue weighted by atomic mass is 32.1. The molecule has 0 spiro atoms. The lowest BCUT2D eigenvalue weighted by atomic mass is 10.2. The molecular formula is C15H19FN4S. The van der Waals surface area contributed by atoms with Gasteiger partial charge in [-0.1, -0.05) is 32.0 Å². The molecule has 0 atom stereocenters. The first-order valence-electron chi connectivity index (χ1n) is 6.86. The molecule has 4 nitrogen and oxygen atoms in total. The van der Waals surface area contributed by atoms with Crippen LogP contribution in [0.2, 0.25) is 0 Å². The molecule has 6 heteroatoms. The third kappa shape index (κ3) is 4.82. The van der Waals surface area contributed by atoms with E-state index >= 15 is 0 Å². The molecule has 0 aliphatic heterocycles. The summed E-state index contributed by atoms with van der Waals surface area (Å²) in [6.07, 6.45) is 1.79. The first kappa shape index (κ1) is 15.4. The Hall–Kier alpha value is -1.95. The highest BCUT2D eigenvalue weighted by Crippen LogP contribution is 2.10. The number of thiocarbonyl (C=S) groups is 1. The van der Waals surface area contributed by atoms with Gasteiger partial charge >= 0.3 is 0 Å². The smallest absolute Gasteiger partial charge is 0.171 e. The van der Waals surface area contributed by atoms with Crippen molar-refractivity contribution in [3.63, 3.8) is 0 Å². The first-order valence-corrected chi connectivity index (χ1v) is 7.27. The van der Waals surface area contributed by atoms with Gasteiger partial charge in [0.2, 0.25) is 0 Å². The molecule has 0 fully saturated rings. The lowest BCUT2D eigenvalue weighted by Gasteiger charge is -2.10. The molecule has 1 aromatic heterocycles. The van der Waals surface area contributed by atoms with E-state index in [9.17, 15) is 4.39 Å². The summed E-state index contributed by atoms with van der Waals surface area (Å²) in [6.45, 7) is 5.42. The average Bonchev–Trinajstić information content (AvgIpc) is 2.86. The van der Waals surface area contributed by atoms with Crippen molar-refractivity contribution in [2.45, 2.75) is 20.4 Å². The van der Waals surface area contributed by atoms with Crippen molar-refractivity contribution in [1.29, 1.82) is 0 Å². The molecule has 0 aliphatic rings. The predicted molar refractivity (Wildman–Crippen MR) is 86.8 cm³/mol. The van der Waals surface area contributed by atoms with Gasteiger partial charge in [-0.15, -0.1) is 0 Å². The number of halogens is 1. The quantitative estimate of drug-likeness (QED) is 0.833. The lowest BCUT2D eigenvalue weighted by molar-refractivity contribution is 0.586. The van der Waals surface area contributed by atoms with Crippen LogP contribution in [0.4, 0.5) is 10.2 Å². The summed E-state index contributed by atoms with van der Waals surface area (Å²) in [5.41, 5.74) is 0.604. The van der Waals surface area contributed by atoms with Crippen LogP contribution < -0.4 is 10.6 Å². The third-order valence-corrected chi connectivity index (χ3v) is 3.09. The Balaban J connectivity index is 1.92. The second-order valence-electron chi connectivity index (χ2n) is 5.22. The number of hydrogen-bond donors (Lipinski definition) is 2. The number of rotatable bonds is 5. The molecule has 2 aromatic rings. The normalized spacial score (nSPS) is 10.7. The van der Waals surface area contributed by atoms with Crippen molar-refractivity contribution in [3.8, 4) is 0 Å². The van der Waals surface area contributed by atoms with Crippen LogP contribution in [0.15, 0.2) is 36.5 Å². The van der Waals surface area contributed by atoms with Crippen molar-refractivity contribution in [2.75, 3.05) is 11.9 Å². The number of aromatic nitrogens is 2. The third-order valence-electron chi connectivity index (χ3n) is 2.84. The topological polar surface area (TPSA) is 41.9 Å². The maximum atomic E-state index is 13.6. The molecule has 0 radical (unpaired) electrons. The van der Waals surface area contributed by atoms with E-state index in [0.29, 0.717) is 29.0 Å². The maximum Gasteiger partial charge on any atom is 0.171 e. The zero-order valence-corrected chi connectivity index (χ0v) is 13.0. The Morgan fingerprint density at radius 1 is 1.33 bits per heavy atom. The molecule has 21 heavy (non-hydrogen) atoms. The molecule has 1 heterocycles. The van der Waals surface area contributed by atoms with Crippen LogP contribution >= 0.6 is 12.2 Å². The summed E-state index contributed by atoms with van der Waals surface area (Å²) in [5, 5.41) is 11.0. The van der Waals surface area contributed by atoms with Gasteiger partial charge in [0, 0.05) is 24.4 Å². The zero-order chi connectivity index (χ0) is 15.2. The van der Waals surface area contributed by atoms with Gasteiger partial charge in [0.15, 0.2) is 10.9 Å². The molecule has 0 aliphatic carbocycles. The van der Waals surface area contributed by atoms with E-state index in [4.69, 9.17) is 12.2 Å². The van der Waals surface area contributed by atoms with E-state index in [1.807, 2.05) is 12.1 Å². The van der Waals surface area contributed by atoms with Crippen LogP contribution in [0, 0.1) is 11.7 Å². The second kappa shape index (κ2) is 7.17. The zero-order valence-electron chi connectivity index (χ0n) is 12.1. The summed E-state index contributed by atoms with van der Waals surface area (Å²) >= 11 is 5.18. The second-order valence-corrected chi connectivity index (χ2v) is 5.63. The SMILES string of the molecule is CC(C)CNC(=S)Nc1ccn(Cc2ccccc2F)n1. The maximum absolute atomic E-state index is 13.6. The van der Waals surface area contributed by atoms with Gasteiger partial charge in [-0.05, 0) is 24.2 Å². The number of nitrogens with zero attached hydrogens (tertiary/aromatic N) is 2. The molecule has 1 aromatic carbocycles. The standard InChI is InChI=1S/C15H19FN4S/c1-11(2)9-17-15(21)18-14-7-8-20(19-14)10-12-5-3-4-6-13(12)16/h3-8,11H,9-10H2,1-2H3,(H2,17,18,19,21). The lowest BCUT2D eigenvalue weighted by Crippen LogP contribution is -2.31. The van der Waals surface area contributed by atoms with E-state index in [1.54, 1.807) is 23.0 Å². The summed E-state index contributed by atoms with van der Waals surface area (Å²) in [7, 11) is 0. The number of nitrogens with one attached hydrogen (secondary N) is 2. The van der Waals surface area contributed by atoms with Crippen molar-refractivity contribution in [2.24, 2.45) is 5.92 Å². The fraction of sp³-hybridized carbons (Fsp3) is 0.333. The van der Waals surface area contributed by atoms with Crippen LogP contribution in [0.1, 0.15) is 19.4 Å². The van der Waals surface area contributed by atoms with Gasteiger partial charge in [-0.2, -0.15) is 5.10 Å². The van der Waals surface area contributed by atoms with Gasteiger partial charge in [-0.3, -0.25) is 4.68 Å². The van der Waals surface area contributed by atoms with E-state index < -0.39 is 0 Å². The minimum atomic E-state index is -0.225. The van der Waals surface area contributed by atoms with E-state index in [1.165, 1.54) is 6.07 Å². The van der Waals surface area contributed by atoms with Crippen LogP contribution in [0.25, 0.3) is 0 Å². The summed E-state index contributed by atoms with van der Waals surface area (Å²) in [5.74, 6) is 0.938. The Bertz CT molecular complexity index is 609. The molecule has 0 unspecified atom stereocenters. The predicted octanol–water partition coefficient (Wildman–Crippen LogP) is 3.01. The highest BCUT2D eigenvalue weighted by Gasteiger charge is 2.05. The number of benzene rings is 1. The van der Waals surface area contributed by atoms with Crippen LogP contribution in [0.5, 0.6) is 0 Å². The van der Waals surface area contributed by atoms with Crippen LogP contribution in [-0.2, 0) is 6.54 Å². The molecule has 2 rings (SSSR count). The minimum absolute atomic E-state index is 0.225. The van der Waals surface area contributed by atoms with Crippen LogP contribution in [0.3, 0.4) is 0 Å². The number of anilines is 1. The van der Waals surface area contributed by atoms with Gasteiger partial charge in [0.25, 0.3) is 0 Å². The van der Waals surface area contributed by atoms with E-state index in [0.717, 1.165) is 6.54 Å². The molecule has 0 amide bonds. The molecular weight excluding hydrogens is 287 g/mol. The van der Waals surface area contributed by atoms with Gasteiger partial charge in [-0.25, -0.2) is 4.39 Å². The van der Waals surface area contributed by atoms with Crippen molar-refractivity contribution < 1.29 is 4.39 Å². The Labute approximate surface area is 129 Å². The average molecular weight is 306 g/mol. The fourth-order valence-electron chi connectivity index (χ4n) is 1.77. The molecule has 0 saturated heterocycles. The summed E-state index contributed by atoms with van der Waals surface area (Å²) in [6, 6.07) is 8.49. The van der Waals surface area contributed by atoms with Crippen LogP contribution in [-0.4, -0.2) is 21.4 Å². The molecule has 0 saturated carbocycles. The summed E-state index contributed by atoms with van der Waals surface area (Å²) < 4.78 is 15.3. The molecule has 2 N–H and O–H groups in total. The van der Waals surface area contributed by atoms with Crippen molar-refractivity contribution >= 4 is 23.1 Å². The summed E-state index contributed by atoms with van der Waals surface area (Å²) in [4.78, 5) is 0. The van der Waals surface area contributed by atoms with E-state index in [2.05, 4.69) is 29.6 Å². The monoisotopic (exact) mass is 306 g/mol. The Morgan fingerprint density at radius 3 is 2.81 bits per heavy atom. The molecule has 112 valence electrons. The van der Waals surface area contributed by atoms with Gasteiger partial charge in [0.05, 0.1) is 6.54 Å². The Kier molecular flexibility index (Phi) is 5.27. The Morgan fingerprint density at radius 2 is 2.10 bits per heavy atom. The highest BCUT2D eigenvalue weighted by molar-refractivity contribution is 7.80. The van der Waals surface area contributed by atoms with Crippen molar-refractivity contribution in [3.05, 3.63) is 47.9 Å². The largest absolute Gasteiger partial charge is 0.362 e. The van der Waals surface area contributed by atoms with Gasteiger partial charge in [0.1, 0.15) is 5.82 Å². The fourth-order valence-corrected chi connectivity index (χ4v) is 1.96. The molecule has 0 bridgehead atoms. The van der Waals surface area contributed by atoms with Gasteiger partial charge < -0.3 is 10.6 Å².